The minimum Gasteiger partial charge on any atom is -0.481 e. The molecule has 0 amide bonds. The SMILES string of the molecule is CC(=O)O.CC(=O)O.CCN1CCCCC1CNc1nnc(CSc2ccncc2)o1. The van der Waals surface area contributed by atoms with Crippen LogP contribution in [0.3, 0.4) is 0 Å². The van der Waals surface area contributed by atoms with Crippen LogP contribution in [0.15, 0.2) is 33.8 Å². The molecule has 1 fully saturated rings. The Morgan fingerprint density at radius 2 is 1.84 bits per heavy atom. The molecule has 3 N–H and O–H groups in total. The number of hydrogen-bond acceptors (Lipinski definition) is 9. The lowest BCUT2D eigenvalue weighted by Crippen LogP contribution is -2.43. The van der Waals surface area contributed by atoms with E-state index in [1.807, 2.05) is 12.1 Å². The number of carboxylic acids is 2. The molecule has 172 valence electrons. The monoisotopic (exact) mass is 453 g/mol. The molecule has 10 nitrogen and oxygen atoms in total. The molecule has 31 heavy (non-hydrogen) atoms. The van der Waals surface area contributed by atoms with E-state index in [4.69, 9.17) is 24.2 Å². The number of hydrogen-bond donors (Lipinski definition) is 3. The van der Waals surface area contributed by atoms with E-state index in [-0.39, 0.29) is 0 Å². The fourth-order valence-electron chi connectivity index (χ4n) is 2.88. The smallest absolute Gasteiger partial charge is 0.315 e. The van der Waals surface area contributed by atoms with Crippen LogP contribution < -0.4 is 5.32 Å². The summed E-state index contributed by atoms with van der Waals surface area (Å²) in [5.41, 5.74) is 0. The van der Waals surface area contributed by atoms with Crippen molar-refractivity contribution in [3.05, 3.63) is 30.4 Å². The first-order valence-corrected chi connectivity index (χ1v) is 11.0. The van der Waals surface area contributed by atoms with Crippen LogP contribution >= 0.6 is 11.8 Å². The van der Waals surface area contributed by atoms with Gasteiger partial charge >= 0.3 is 6.01 Å². The molecule has 1 saturated heterocycles. The van der Waals surface area contributed by atoms with Gasteiger partial charge in [-0.25, -0.2) is 0 Å². The number of nitrogens with zero attached hydrogens (tertiary/aromatic N) is 4. The van der Waals surface area contributed by atoms with E-state index in [1.165, 1.54) is 25.8 Å². The Kier molecular flexibility index (Phi) is 12.9. The average Bonchev–Trinajstić information content (AvgIpc) is 3.19. The Hall–Kier alpha value is -2.66. The van der Waals surface area contributed by atoms with Gasteiger partial charge < -0.3 is 19.9 Å². The molecule has 0 spiro atoms. The lowest BCUT2D eigenvalue weighted by atomic mass is 10.0. The number of carbonyl (C=O) groups is 2. The van der Waals surface area contributed by atoms with E-state index in [0.717, 1.165) is 31.8 Å². The van der Waals surface area contributed by atoms with Crippen LogP contribution in [0, 0.1) is 0 Å². The molecular formula is C20H31N5O5S. The van der Waals surface area contributed by atoms with Crippen molar-refractivity contribution < 1.29 is 24.2 Å². The number of piperidine rings is 1. The maximum Gasteiger partial charge on any atom is 0.315 e. The highest BCUT2D eigenvalue weighted by molar-refractivity contribution is 7.98. The molecular weight excluding hydrogens is 422 g/mol. The van der Waals surface area contributed by atoms with Gasteiger partial charge in [-0.15, -0.1) is 16.9 Å². The van der Waals surface area contributed by atoms with Crippen LogP contribution in [0.25, 0.3) is 0 Å². The highest BCUT2D eigenvalue weighted by Crippen LogP contribution is 2.22. The van der Waals surface area contributed by atoms with Gasteiger partial charge in [0, 0.05) is 43.7 Å². The first-order valence-electron chi connectivity index (χ1n) is 10.0. The van der Waals surface area contributed by atoms with E-state index in [0.29, 0.717) is 23.7 Å². The Morgan fingerprint density at radius 1 is 1.19 bits per heavy atom. The summed E-state index contributed by atoms with van der Waals surface area (Å²) < 4.78 is 5.68. The third-order valence-electron chi connectivity index (χ3n) is 4.12. The number of rotatable bonds is 7. The maximum atomic E-state index is 9.00. The fourth-order valence-corrected chi connectivity index (χ4v) is 3.60. The van der Waals surface area contributed by atoms with Gasteiger partial charge in [0.05, 0.1) is 5.75 Å². The summed E-state index contributed by atoms with van der Waals surface area (Å²) in [7, 11) is 0. The van der Waals surface area contributed by atoms with Gasteiger partial charge in [-0.1, -0.05) is 18.4 Å². The van der Waals surface area contributed by atoms with Crippen molar-refractivity contribution in [2.75, 3.05) is 25.0 Å². The second-order valence-electron chi connectivity index (χ2n) is 6.67. The van der Waals surface area contributed by atoms with Crippen LogP contribution in [0.1, 0.15) is 45.9 Å². The molecule has 1 aliphatic rings. The number of aromatic nitrogens is 3. The molecule has 0 aliphatic carbocycles. The largest absolute Gasteiger partial charge is 0.481 e. The summed E-state index contributed by atoms with van der Waals surface area (Å²) in [5.74, 6) is -0.353. The number of anilines is 1. The van der Waals surface area contributed by atoms with Gasteiger partial charge in [-0.3, -0.25) is 19.5 Å². The molecule has 0 aromatic carbocycles. The van der Waals surface area contributed by atoms with Gasteiger partial charge in [-0.05, 0) is 38.1 Å². The van der Waals surface area contributed by atoms with Gasteiger partial charge in [0.25, 0.3) is 11.9 Å². The highest BCUT2D eigenvalue weighted by Gasteiger charge is 2.21. The average molecular weight is 454 g/mol. The van der Waals surface area contributed by atoms with Crippen LogP contribution in [0.4, 0.5) is 6.01 Å². The van der Waals surface area contributed by atoms with Crippen LogP contribution in [-0.4, -0.2) is 67.9 Å². The molecule has 2 aromatic heterocycles. The molecule has 0 saturated carbocycles. The molecule has 1 aliphatic heterocycles. The second kappa shape index (κ2) is 15.2. The number of likely N-dealkylation sites (tertiary alicyclic amines) is 1. The summed E-state index contributed by atoms with van der Waals surface area (Å²) in [6.07, 6.45) is 7.42. The van der Waals surface area contributed by atoms with Crippen LogP contribution in [0.2, 0.25) is 0 Å². The van der Waals surface area contributed by atoms with Gasteiger partial charge in [0.2, 0.25) is 5.89 Å². The standard InChI is InChI=1S/C16H23N5OS.2C2H4O2/c1-2-21-10-4-3-5-13(21)11-18-16-20-19-15(22-16)12-23-14-6-8-17-9-7-14;2*1-2(3)4/h6-9,13H,2-5,10-12H2,1H3,(H,18,20);2*1H3,(H,3,4). The summed E-state index contributed by atoms with van der Waals surface area (Å²) in [4.78, 5) is 25.7. The van der Waals surface area contributed by atoms with Gasteiger partial charge in [0.1, 0.15) is 0 Å². The van der Waals surface area contributed by atoms with Crippen LogP contribution in [-0.2, 0) is 15.3 Å². The summed E-state index contributed by atoms with van der Waals surface area (Å²) in [5, 5.41) is 26.3. The van der Waals surface area contributed by atoms with E-state index in [9.17, 15) is 0 Å². The molecule has 1 atom stereocenters. The molecule has 2 aromatic rings. The lowest BCUT2D eigenvalue weighted by Gasteiger charge is -2.34. The predicted octanol–water partition coefficient (Wildman–Crippen LogP) is 3.23. The van der Waals surface area contributed by atoms with Gasteiger partial charge in [0.15, 0.2) is 0 Å². The van der Waals surface area contributed by atoms with Crippen molar-refractivity contribution in [1.82, 2.24) is 20.1 Å². The minimum atomic E-state index is -0.833. The summed E-state index contributed by atoms with van der Waals surface area (Å²) >= 11 is 1.66. The topological polar surface area (TPSA) is 142 Å². The zero-order valence-corrected chi connectivity index (χ0v) is 19.0. The lowest BCUT2D eigenvalue weighted by molar-refractivity contribution is -0.135. The number of aliphatic carboxylic acids is 2. The summed E-state index contributed by atoms with van der Waals surface area (Å²) in [6, 6.07) is 5.04. The Bertz CT molecular complexity index is 754. The molecule has 11 heteroatoms. The number of pyridine rings is 1. The number of likely N-dealkylation sites (N-methyl/N-ethyl adjacent to an activating group) is 1. The van der Waals surface area contributed by atoms with Crippen molar-refractivity contribution in [3.8, 4) is 0 Å². The molecule has 3 rings (SSSR count). The maximum absolute atomic E-state index is 9.00. The van der Waals surface area contributed by atoms with Crippen molar-refractivity contribution >= 4 is 29.7 Å². The fraction of sp³-hybridized carbons (Fsp3) is 0.550. The van der Waals surface area contributed by atoms with Crippen molar-refractivity contribution in [3.63, 3.8) is 0 Å². The van der Waals surface area contributed by atoms with E-state index in [2.05, 4.69) is 32.3 Å². The summed E-state index contributed by atoms with van der Waals surface area (Å²) in [6.45, 7) is 7.55. The predicted molar refractivity (Wildman–Crippen MR) is 118 cm³/mol. The van der Waals surface area contributed by atoms with Crippen LogP contribution in [0.5, 0.6) is 0 Å². The Morgan fingerprint density at radius 3 is 2.45 bits per heavy atom. The normalized spacial score (nSPS) is 15.6. The minimum absolute atomic E-state index is 0.525. The van der Waals surface area contributed by atoms with E-state index in [1.54, 1.807) is 24.2 Å². The first kappa shape index (κ1) is 26.4. The third kappa shape index (κ3) is 12.6. The number of carboxylic acid groups (broad SMARTS) is 2. The zero-order chi connectivity index (χ0) is 23.1. The van der Waals surface area contributed by atoms with Crippen molar-refractivity contribution in [1.29, 1.82) is 0 Å². The van der Waals surface area contributed by atoms with E-state index < -0.39 is 11.9 Å². The van der Waals surface area contributed by atoms with E-state index >= 15 is 0 Å². The first-order chi connectivity index (χ1) is 14.8. The number of nitrogens with one attached hydrogen (secondary N) is 1. The highest BCUT2D eigenvalue weighted by atomic mass is 32.2. The number of thioether (sulfide) groups is 1. The van der Waals surface area contributed by atoms with Crippen molar-refractivity contribution in [2.24, 2.45) is 0 Å². The zero-order valence-electron chi connectivity index (χ0n) is 18.2. The Labute approximate surface area is 186 Å². The Balaban J connectivity index is 0.000000519. The van der Waals surface area contributed by atoms with Crippen molar-refractivity contribution in [2.45, 2.75) is 56.7 Å². The molecule has 0 radical (unpaired) electrons. The third-order valence-corrected chi connectivity index (χ3v) is 5.12. The second-order valence-corrected chi connectivity index (χ2v) is 7.72. The molecule has 3 heterocycles. The quantitative estimate of drug-likeness (QED) is 0.532. The van der Waals surface area contributed by atoms with Gasteiger partial charge in [-0.2, -0.15) is 0 Å². The molecule has 0 bridgehead atoms. The molecule has 1 unspecified atom stereocenters.